The molecule has 27 heavy (non-hydrogen) atoms. The number of nitrogens with one attached hydrogen (secondary N) is 1. The van der Waals surface area contributed by atoms with Gasteiger partial charge in [-0.25, -0.2) is 13.4 Å². The smallest absolute Gasteiger partial charge is 0.257 e. The number of thiazole rings is 1. The molecule has 6 nitrogen and oxygen atoms in total. The van der Waals surface area contributed by atoms with Crippen molar-refractivity contribution >= 4 is 43.7 Å². The van der Waals surface area contributed by atoms with Gasteiger partial charge in [0.1, 0.15) is 0 Å². The highest BCUT2D eigenvalue weighted by Crippen LogP contribution is 2.28. The van der Waals surface area contributed by atoms with Crippen molar-refractivity contribution in [1.29, 1.82) is 0 Å². The average molecular weight is 422 g/mol. The van der Waals surface area contributed by atoms with Crippen molar-refractivity contribution in [2.45, 2.75) is 24.8 Å². The fraction of sp³-hybridized carbons (Fsp3) is 0.222. The largest absolute Gasteiger partial charge is 0.298 e. The zero-order valence-electron chi connectivity index (χ0n) is 15.0. The molecule has 0 atom stereocenters. The number of hydrogen-bond donors (Lipinski definition) is 1. The first-order valence-electron chi connectivity index (χ1n) is 8.18. The highest BCUT2D eigenvalue weighted by Gasteiger charge is 2.24. The van der Waals surface area contributed by atoms with Crippen molar-refractivity contribution in [3.8, 4) is 10.6 Å². The van der Waals surface area contributed by atoms with E-state index in [-0.39, 0.29) is 16.5 Å². The van der Waals surface area contributed by atoms with Gasteiger partial charge < -0.3 is 0 Å². The lowest BCUT2D eigenvalue weighted by atomic mass is 10.2. The van der Waals surface area contributed by atoms with Gasteiger partial charge in [-0.2, -0.15) is 4.31 Å². The first kappa shape index (κ1) is 19.7. The van der Waals surface area contributed by atoms with Crippen LogP contribution < -0.4 is 5.32 Å². The second-order valence-corrected chi connectivity index (χ2v) is 9.92. The number of aromatic nitrogens is 1. The number of carbonyl (C=O) groups is 1. The van der Waals surface area contributed by atoms with Crippen molar-refractivity contribution < 1.29 is 13.2 Å². The summed E-state index contributed by atoms with van der Waals surface area (Å²) in [5.74, 6) is -0.397. The molecule has 0 aliphatic heterocycles. The predicted molar refractivity (Wildman–Crippen MR) is 110 cm³/mol. The molecule has 0 unspecified atom stereocenters. The Morgan fingerprint density at radius 2 is 1.96 bits per heavy atom. The number of anilines is 1. The van der Waals surface area contributed by atoms with Crippen LogP contribution in [0.15, 0.2) is 52.1 Å². The lowest BCUT2D eigenvalue weighted by Crippen LogP contribution is -2.33. The standard InChI is InChI=1S/C18H19N3O3S3/c1-12(2)21(3)27(23,24)14-7-4-6-13(10-14)17(22)20-18-19-15(11-26-18)16-8-5-9-25-16/h4-12H,1-3H3,(H,19,20,22). The van der Waals surface area contributed by atoms with E-state index in [0.717, 1.165) is 10.6 Å². The number of hydrogen-bond acceptors (Lipinski definition) is 6. The molecule has 0 bridgehead atoms. The molecule has 3 aromatic rings. The van der Waals surface area contributed by atoms with E-state index in [1.807, 2.05) is 22.9 Å². The number of thiophene rings is 1. The molecule has 3 rings (SSSR count). The van der Waals surface area contributed by atoms with Gasteiger partial charge in [-0.15, -0.1) is 22.7 Å². The maximum atomic E-state index is 12.6. The van der Waals surface area contributed by atoms with Gasteiger partial charge in [0.25, 0.3) is 5.91 Å². The van der Waals surface area contributed by atoms with Gasteiger partial charge in [-0.1, -0.05) is 12.1 Å². The van der Waals surface area contributed by atoms with Gasteiger partial charge in [-0.05, 0) is 43.5 Å². The number of amides is 1. The first-order chi connectivity index (χ1) is 12.8. The summed E-state index contributed by atoms with van der Waals surface area (Å²) in [7, 11) is -2.13. The Morgan fingerprint density at radius 3 is 2.63 bits per heavy atom. The van der Waals surface area contributed by atoms with E-state index in [4.69, 9.17) is 0 Å². The molecule has 0 fully saturated rings. The maximum absolute atomic E-state index is 12.6. The predicted octanol–water partition coefficient (Wildman–Crippen LogP) is 4.15. The number of benzene rings is 1. The minimum atomic E-state index is -3.65. The van der Waals surface area contributed by atoms with Crippen LogP contribution in [0.1, 0.15) is 24.2 Å². The summed E-state index contributed by atoms with van der Waals surface area (Å²) in [6.45, 7) is 3.59. The van der Waals surface area contributed by atoms with Crippen LogP contribution in [0.3, 0.4) is 0 Å². The third-order valence-electron chi connectivity index (χ3n) is 4.00. The van der Waals surface area contributed by atoms with Crippen molar-refractivity contribution in [2.75, 3.05) is 12.4 Å². The van der Waals surface area contributed by atoms with E-state index in [0.29, 0.717) is 5.13 Å². The topological polar surface area (TPSA) is 79.4 Å². The maximum Gasteiger partial charge on any atom is 0.257 e. The van der Waals surface area contributed by atoms with E-state index in [9.17, 15) is 13.2 Å². The molecule has 1 N–H and O–H groups in total. The normalized spacial score (nSPS) is 11.9. The molecule has 2 aromatic heterocycles. The molecule has 9 heteroatoms. The molecule has 2 heterocycles. The molecular formula is C18H19N3O3S3. The second kappa shape index (κ2) is 7.89. The van der Waals surface area contributed by atoms with Crippen LogP contribution in [0.5, 0.6) is 0 Å². The van der Waals surface area contributed by atoms with Crippen LogP contribution in [-0.2, 0) is 10.0 Å². The molecule has 0 saturated carbocycles. The Bertz CT molecular complexity index is 1040. The van der Waals surface area contributed by atoms with E-state index >= 15 is 0 Å². The Morgan fingerprint density at radius 1 is 1.19 bits per heavy atom. The number of rotatable bonds is 6. The van der Waals surface area contributed by atoms with Gasteiger partial charge in [0, 0.05) is 24.0 Å². The fourth-order valence-corrected chi connectivity index (χ4v) is 5.16. The molecule has 142 valence electrons. The first-order valence-corrected chi connectivity index (χ1v) is 11.4. The third-order valence-corrected chi connectivity index (χ3v) is 7.68. The van der Waals surface area contributed by atoms with Gasteiger partial charge in [0.2, 0.25) is 10.0 Å². The minimum absolute atomic E-state index is 0.0877. The summed E-state index contributed by atoms with van der Waals surface area (Å²) in [4.78, 5) is 18.1. The van der Waals surface area contributed by atoms with E-state index < -0.39 is 15.9 Å². The summed E-state index contributed by atoms with van der Waals surface area (Å²) in [5.41, 5.74) is 1.07. The summed E-state index contributed by atoms with van der Waals surface area (Å²) >= 11 is 2.90. The summed E-state index contributed by atoms with van der Waals surface area (Å²) in [6.07, 6.45) is 0. The molecule has 0 radical (unpaired) electrons. The van der Waals surface area contributed by atoms with Gasteiger partial charge in [0.05, 0.1) is 15.5 Å². The van der Waals surface area contributed by atoms with Crippen LogP contribution in [0.25, 0.3) is 10.6 Å². The number of carbonyl (C=O) groups excluding carboxylic acids is 1. The van der Waals surface area contributed by atoms with Crippen LogP contribution in [0, 0.1) is 0 Å². The molecule has 0 aliphatic carbocycles. The average Bonchev–Trinajstić information content (AvgIpc) is 3.32. The lowest BCUT2D eigenvalue weighted by molar-refractivity contribution is 0.102. The quantitative estimate of drug-likeness (QED) is 0.648. The third kappa shape index (κ3) is 4.27. The summed E-state index contributed by atoms with van der Waals surface area (Å²) < 4.78 is 26.5. The second-order valence-electron chi connectivity index (χ2n) is 6.11. The molecular weight excluding hydrogens is 402 g/mol. The highest BCUT2D eigenvalue weighted by molar-refractivity contribution is 7.89. The molecule has 1 amide bonds. The van der Waals surface area contributed by atoms with E-state index in [2.05, 4.69) is 10.3 Å². The number of nitrogens with zero attached hydrogens (tertiary/aromatic N) is 2. The van der Waals surface area contributed by atoms with Crippen LogP contribution in [0.2, 0.25) is 0 Å². The summed E-state index contributed by atoms with van der Waals surface area (Å²) in [5, 5.41) is 7.04. The van der Waals surface area contributed by atoms with Gasteiger partial charge >= 0.3 is 0 Å². The van der Waals surface area contributed by atoms with Crippen molar-refractivity contribution in [1.82, 2.24) is 9.29 Å². The van der Waals surface area contributed by atoms with Crippen molar-refractivity contribution in [3.05, 3.63) is 52.7 Å². The lowest BCUT2D eigenvalue weighted by Gasteiger charge is -2.21. The molecule has 0 saturated heterocycles. The Hall–Kier alpha value is -2.07. The Labute approximate surface area is 166 Å². The van der Waals surface area contributed by atoms with Crippen LogP contribution in [0.4, 0.5) is 5.13 Å². The van der Waals surface area contributed by atoms with Crippen molar-refractivity contribution in [3.63, 3.8) is 0 Å². The Balaban J connectivity index is 1.80. The number of sulfonamides is 1. The van der Waals surface area contributed by atoms with E-state index in [1.165, 1.54) is 34.8 Å². The minimum Gasteiger partial charge on any atom is -0.298 e. The van der Waals surface area contributed by atoms with Crippen LogP contribution in [-0.4, -0.2) is 36.7 Å². The zero-order valence-corrected chi connectivity index (χ0v) is 17.5. The zero-order chi connectivity index (χ0) is 19.6. The van der Waals surface area contributed by atoms with Crippen LogP contribution >= 0.6 is 22.7 Å². The molecule has 0 spiro atoms. The Kier molecular flexibility index (Phi) is 5.75. The van der Waals surface area contributed by atoms with Gasteiger partial charge in [-0.3, -0.25) is 10.1 Å². The van der Waals surface area contributed by atoms with E-state index in [1.54, 1.807) is 37.3 Å². The van der Waals surface area contributed by atoms with Crippen molar-refractivity contribution in [2.24, 2.45) is 0 Å². The highest BCUT2D eigenvalue weighted by atomic mass is 32.2. The monoisotopic (exact) mass is 421 g/mol. The fourth-order valence-electron chi connectivity index (χ4n) is 2.28. The molecule has 0 aliphatic rings. The summed E-state index contributed by atoms with van der Waals surface area (Å²) in [6, 6.07) is 9.74. The SMILES string of the molecule is CC(C)N(C)S(=O)(=O)c1cccc(C(=O)Nc2nc(-c3cccs3)cs2)c1. The van der Waals surface area contributed by atoms with Gasteiger partial charge in [0.15, 0.2) is 5.13 Å². The molecule has 1 aromatic carbocycles.